The van der Waals surface area contributed by atoms with E-state index < -0.39 is 23.8 Å². The minimum atomic E-state index is -1.16. The summed E-state index contributed by atoms with van der Waals surface area (Å²) >= 11 is 0. The Labute approximate surface area is 246 Å². The van der Waals surface area contributed by atoms with Crippen LogP contribution in [-0.4, -0.2) is 47.4 Å². The summed E-state index contributed by atoms with van der Waals surface area (Å²) in [5, 5.41) is 0. The fraction of sp³-hybridized carbons (Fsp3) is 0.576. The van der Waals surface area contributed by atoms with Crippen LogP contribution in [0.1, 0.15) is 103 Å². The van der Waals surface area contributed by atoms with Crippen LogP contribution in [0.25, 0.3) is 0 Å². The van der Waals surface area contributed by atoms with Gasteiger partial charge in [0.15, 0.2) is 6.10 Å². The molecule has 0 radical (unpaired) electrons. The number of benzene rings is 2. The van der Waals surface area contributed by atoms with Crippen LogP contribution >= 0.6 is 0 Å². The van der Waals surface area contributed by atoms with Gasteiger partial charge in [-0.2, -0.15) is 0 Å². The summed E-state index contributed by atoms with van der Waals surface area (Å²) in [6, 6.07) is 19.0. The lowest BCUT2D eigenvalue weighted by Crippen LogP contribution is -2.63. The van der Waals surface area contributed by atoms with Crippen LogP contribution in [0.3, 0.4) is 0 Å². The third-order valence-electron chi connectivity index (χ3n) is 9.00. The average Bonchev–Trinajstić information content (AvgIpc) is 3.17. The number of carbonyl (C=O) groups is 2. The number of morpholine rings is 1. The second kappa shape index (κ2) is 13.0. The van der Waals surface area contributed by atoms with E-state index in [1.807, 2.05) is 95.3 Å². The number of esters is 1. The molecule has 8 heteroatoms. The number of unbranched alkanes of at least 4 members (excludes halogenated alkanes) is 2. The van der Waals surface area contributed by atoms with Gasteiger partial charge in [0, 0.05) is 0 Å². The lowest BCUT2D eigenvalue weighted by molar-refractivity contribution is -0.188. The third-order valence-corrected chi connectivity index (χ3v) is 9.00. The Bertz CT molecular complexity index is 1140. The molecule has 0 saturated carbocycles. The van der Waals surface area contributed by atoms with E-state index in [4.69, 9.17) is 18.8 Å². The molecule has 2 heterocycles. The second-order valence-electron chi connectivity index (χ2n) is 12.2. The maximum atomic E-state index is 14.1. The molecule has 2 saturated heterocycles. The Morgan fingerprint density at radius 1 is 0.878 bits per heavy atom. The van der Waals surface area contributed by atoms with Crippen LogP contribution < -0.4 is 0 Å². The van der Waals surface area contributed by atoms with Crippen molar-refractivity contribution < 1.29 is 28.4 Å². The highest BCUT2D eigenvalue weighted by Crippen LogP contribution is 2.49. The van der Waals surface area contributed by atoms with Gasteiger partial charge < -0.3 is 18.8 Å². The standard InChI is InChI=1S/C33H46BNO6/c1-7-9-24-38-30(37)35-27(25-18-12-10-13-19-25)28(26-20-14-11-15-21-26)39-29(36)33(35,8-2)22-16-17-23-34-40-31(3,4)32(5,6)41-34/h10-15,18-21,27-28H,7-9,16-17,22-24H2,1-6H3/t27-,28+,33+/m1/s1. The molecule has 4 rings (SSSR count). The van der Waals surface area contributed by atoms with Crippen molar-refractivity contribution >= 4 is 19.2 Å². The van der Waals surface area contributed by atoms with Crippen LogP contribution in [0.2, 0.25) is 6.32 Å². The second-order valence-corrected chi connectivity index (χ2v) is 12.2. The highest BCUT2D eigenvalue weighted by molar-refractivity contribution is 6.45. The first kappa shape index (κ1) is 31.1. The van der Waals surface area contributed by atoms with Crippen LogP contribution in [-0.2, 0) is 23.6 Å². The fourth-order valence-electron chi connectivity index (χ4n) is 5.84. The smallest absolute Gasteiger partial charge is 0.453 e. The zero-order valence-corrected chi connectivity index (χ0v) is 25.6. The highest BCUT2D eigenvalue weighted by Gasteiger charge is 2.57. The van der Waals surface area contributed by atoms with Gasteiger partial charge in [-0.15, -0.1) is 0 Å². The quantitative estimate of drug-likeness (QED) is 0.159. The molecule has 3 atom stereocenters. The third kappa shape index (κ3) is 6.49. The van der Waals surface area contributed by atoms with Gasteiger partial charge in [0.25, 0.3) is 0 Å². The molecular formula is C33H46BNO6. The topological polar surface area (TPSA) is 74.3 Å². The number of ether oxygens (including phenoxy) is 2. The van der Waals surface area contributed by atoms with Crippen LogP contribution in [0.15, 0.2) is 60.7 Å². The molecule has 2 fully saturated rings. The molecule has 0 spiro atoms. The van der Waals surface area contributed by atoms with Crippen molar-refractivity contribution in [1.82, 2.24) is 4.90 Å². The minimum absolute atomic E-state index is 0.300. The molecule has 2 aromatic rings. The van der Waals surface area contributed by atoms with Gasteiger partial charge in [-0.1, -0.05) is 93.8 Å². The zero-order chi connectivity index (χ0) is 29.7. The monoisotopic (exact) mass is 563 g/mol. The summed E-state index contributed by atoms with van der Waals surface area (Å²) in [6.45, 7) is 12.5. The number of nitrogens with zero attached hydrogens (tertiary/aromatic N) is 1. The number of cyclic esters (lactones) is 1. The summed E-state index contributed by atoms with van der Waals surface area (Å²) in [5.74, 6) is -0.385. The normalized spacial score (nSPS) is 25.2. The highest BCUT2D eigenvalue weighted by atomic mass is 16.7. The fourth-order valence-corrected chi connectivity index (χ4v) is 5.84. The molecule has 222 valence electrons. The molecule has 41 heavy (non-hydrogen) atoms. The Kier molecular flexibility index (Phi) is 9.86. The van der Waals surface area contributed by atoms with Gasteiger partial charge in [0.2, 0.25) is 0 Å². The van der Waals surface area contributed by atoms with Gasteiger partial charge in [-0.05, 0) is 64.4 Å². The van der Waals surface area contributed by atoms with Crippen molar-refractivity contribution in [1.29, 1.82) is 0 Å². The Morgan fingerprint density at radius 2 is 1.46 bits per heavy atom. The van der Waals surface area contributed by atoms with Crippen LogP contribution in [0, 0.1) is 0 Å². The lowest BCUT2D eigenvalue weighted by atomic mass is 9.78. The van der Waals surface area contributed by atoms with Gasteiger partial charge in [0.1, 0.15) is 11.6 Å². The summed E-state index contributed by atoms with van der Waals surface area (Å²) in [6.07, 6.45) is 3.58. The Balaban J connectivity index is 1.64. The van der Waals surface area contributed by atoms with Crippen LogP contribution in [0.5, 0.6) is 0 Å². The number of hydrogen-bond donors (Lipinski definition) is 0. The van der Waals surface area contributed by atoms with Crippen molar-refractivity contribution in [2.45, 2.75) is 115 Å². The molecule has 0 unspecified atom stereocenters. The molecule has 2 aromatic carbocycles. The largest absolute Gasteiger partial charge is 0.457 e. The molecule has 0 bridgehead atoms. The Hall–Kier alpha value is -2.84. The predicted molar refractivity (Wildman–Crippen MR) is 160 cm³/mol. The molecule has 7 nitrogen and oxygen atoms in total. The van der Waals surface area contributed by atoms with E-state index in [0.717, 1.165) is 30.4 Å². The van der Waals surface area contributed by atoms with Gasteiger partial charge >= 0.3 is 19.2 Å². The number of amides is 1. The maximum absolute atomic E-state index is 14.1. The first-order valence-corrected chi connectivity index (χ1v) is 15.2. The van der Waals surface area contributed by atoms with Crippen molar-refractivity contribution in [2.24, 2.45) is 0 Å². The molecule has 0 aliphatic carbocycles. The van der Waals surface area contributed by atoms with Crippen molar-refractivity contribution in [3.8, 4) is 0 Å². The average molecular weight is 564 g/mol. The maximum Gasteiger partial charge on any atom is 0.457 e. The first-order valence-electron chi connectivity index (χ1n) is 15.2. The minimum Gasteiger partial charge on any atom is -0.453 e. The Morgan fingerprint density at radius 3 is 2.02 bits per heavy atom. The molecule has 0 N–H and O–H groups in total. The van der Waals surface area contributed by atoms with Gasteiger partial charge in [0.05, 0.1) is 17.8 Å². The van der Waals surface area contributed by atoms with E-state index in [1.165, 1.54) is 0 Å². The van der Waals surface area contributed by atoms with Crippen molar-refractivity contribution in [2.75, 3.05) is 6.61 Å². The summed E-state index contributed by atoms with van der Waals surface area (Å²) in [5.41, 5.74) is -0.193. The molecule has 0 aromatic heterocycles. The predicted octanol–water partition coefficient (Wildman–Crippen LogP) is 7.68. The molecule has 2 aliphatic heterocycles. The lowest BCUT2D eigenvalue weighted by Gasteiger charge is -2.51. The molecular weight excluding hydrogens is 517 g/mol. The summed E-state index contributed by atoms with van der Waals surface area (Å²) in [7, 11) is -0.300. The molecule has 1 amide bonds. The summed E-state index contributed by atoms with van der Waals surface area (Å²) in [4.78, 5) is 29.8. The van der Waals surface area contributed by atoms with E-state index >= 15 is 0 Å². The van der Waals surface area contributed by atoms with Gasteiger partial charge in [-0.25, -0.2) is 9.59 Å². The number of rotatable bonds is 11. The van der Waals surface area contributed by atoms with E-state index in [-0.39, 0.29) is 24.3 Å². The summed E-state index contributed by atoms with van der Waals surface area (Å²) < 4.78 is 24.5. The SMILES string of the molecule is CCCCOC(=O)N1[C@H](c2ccccc2)[C@H](c2ccccc2)OC(=O)[C@]1(CC)CCCCB1OC(C)(C)C(C)(C)O1. The number of carbonyl (C=O) groups excluding carboxylic acids is 2. The van der Waals surface area contributed by atoms with Crippen LogP contribution in [0.4, 0.5) is 4.79 Å². The first-order chi connectivity index (χ1) is 19.6. The van der Waals surface area contributed by atoms with Crippen molar-refractivity contribution in [3.05, 3.63) is 71.8 Å². The van der Waals surface area contributed by atoms with E-state index in [1.54, 1.807) is 4.90 Å². The molecule has 2 aliphatic rings. The van der Waals surface area contributed by atoms with E-state index in [0.29, 0.717) is 32.2 Å². The van der Waals surface area contributed by atoms with E-state index in [2.05, 4.69) is 6.92 Å². The van der Waals surface area contributed by atoms with E-state index in [9.17, 15) is 9.59 Å². The number of hydrogen-bond acceptors (Lipinski definition) is 6. The van der Waals surface area contributed by atoms with Crippen molar-refractivity contribution in [3.63, 3.8) is 0 Å². The van der Waals surface area contributed by atoms with Gasteiger partial charge in [-0.3, -0.25) is 4.90 Å². The zero-order valence-electron chi connectivity index (χ0n) is 25.6.